The summed E-state index contributed by atoms with van der Waals surface area (Å²) in [6.45, 7) is 2.94. The number of nitrogens with two attached hydrogens (primary N) is 1. The van der Waals surface area contributed by atoms with Crippen LogP contribution in [0.4, 0.5) is 4.39 Å². The fraction of sp³-hybridized carbons (Fsp3) is 0.562. The van der Waals surface area contributed by atoms with E-state index in [9.17, 15) is 9.18 Å². The topological polar surface area (TPSA) is 55.6 Å². The maximum absolute atomic E-state index is 13.0. The van der Waals surface area contributed by atoms with E-state index in [1.165, 1.54) is 12.1 Å². The number of carbonyl (C=O) groups is 1. The van der Waals surface area contributed by atoms with E-state index in [-0.39, 0.29) is 23.9 Å². The van der Waals surface area contributed by atoms with Gasteiger partial charge >= 0.3 is 0 Å². The number of hydrogen-bond acceptors (Lipinski definition) is 4. The molecule has 1 heterocycles. The molecule has 4 nitrogen and oxygen atoms in total. The Morgan fingerprint density at radius 3 is 2.77 bits per heavy atom. The van der Waals surface area contributed by atoms with Crippen LogP contribution in [0, 0.1) is 5.82 Å². The van der Waals surface area contributed by atoms with Gasteiger partial charge in [0.1, 0.15) is 11.9 Å². The summed E-state index contributed by atoms with van der Waals surface area (Å²) in [6, 6.07) is 5.76. The highest BCUT2D eigenvalue weighted by atomic mass is 32.2. The Morgan fingerprint density at radius 1 is 1.45 bits per heavy atom. The molecule has 1 saturated heterocycles. The summed E-state index contributed by atoms with van der Waals surface area (Å²) < 4.78 is 18.9. The van der Waals surface area contributed by atoms with Gasteiger partial charge in [-0.15, -0.1) is 0 Å². The Morgan fingerprint density at radius 2 is 2.14 bits per heavy atom. The Bertz CT molecular complexity index is 497. The molecule has 122 valence electrons. The van der Waals surface area contributed by atoms with E-state index in [1.807, 2.05) is 13.2 Å². The van der Waals surface area contributed by atoms with Crippen molar-refractivity contribution >= 4 is 17.7 Å². The Balaban J connectivity index is 2.04. The summed E-state index contributed by atoms with van der Waals surface area (Å²) in [6.07, 6.45) is 2.37. The first-order valence-electron chi connectivity index (χ1n) is 7.45. The number of carbonyl (C=O) groups excluding carboxylic acids is 1. The van der Waals surface area contributed by atoms with Crippen LogP contribution in [0.25, 0.3) is 0 Å². The molecule has 6 heteroatoms. The second-order valence-electron chi connectivity index (χ2n) is 5.62. The molecule has 1 aliphatic rings. The van der Waals surface area contributed by atoms with Crippen molar-refractivity contribution in [3.63, 3.8) is 0 Å². The van der Waals surface area contributed by atoms with Crippen molar-refractivity contribution in [3.05, 3.63) is 35.6 Å². The molecule has 1 aromatic carbocycles. The third-order valence-electron chi connectivity index (χ3n) is 3.76. The highest BCUT2D eigenvalue weighted by Gasteiger charge is 2.31. The molecule has 3 atom stereocenters. The van der Waals surface area contributed by atoms with Crippen LogP contribution in [0.3, 0.4) is 0 Å². The summed E-state index contributed by atoms with van der Waals surface area (Å²) in [5.74, 6) is 0.560. The van der Waals surface area contributed by atoms with Gasteiger partial charge in [0.15, 0.2) is 0 Å². The van der Waals surface area contributed by atoms with Crippen LogP contribution < -0.4 is 5.73 Å². The zero-order chi connectivity index (χ0) is 16.1. The van der Waals surface area contributed by atoms with E-state index in [4.69, 9.17) is 10.5 Å². The summed E-state index contributed by atoms with van der Waals surface area (Å²) in [7, 11) is 0. The minimum absolute atomic E-state index is 0.0312. The van der Waals surface area contributed by atoms with E-state index in [0.717, 1.165) is 11.3 Å². The number of nitrogens with zero attached hydrogens (tertiary/aromatic N) is 1. The lowest BCUT2D eigenvalue weighted by Gasteiger charge is -2.38. The maximum atomic E-state index is 13.0. The zero-order valence-corrected chi connectivity index (χ0v) is 13.8. The largest absolute Gasteiger partial charge is 0.367 e. The summed E-state index contributed by atoms with van der Waals surface area (Å²) in [5.41, 5.74) is 6.87. The maximum Gasteiger partial charge on any atom is 0.239 e. The molecular formula is C16H23FN2O2S. The molecule has 0 radical (unpaired) electrons. The van der Waals surface area contributed by atoms with Crippen molar-refractivity contribution in [2.75, 3.05) is 25.1 Å². The molecular weight excluding hydrogens is 303 g/mol. The van der Waals surface area contributed by atoms with E-state index in [1.54, 1.807) is 28.8 Å². The van der Waals surface area contributed by atoms with Gasteiger partial charge in [0.25, 0.3) is 0 Å². The molecule has 0 bridgehead atoms. The lowest BCUT2D eigenvalue weighted by molar-refractivity contribution is -0.146. The van der Waals surface area contributed by atoms with Crippen molar-refractivity contribution in [1.29, 1.82) is 0 Å². The van der Waals surface area contributed by atoms with Gasteiger partial charge in [-0.05, 0) is 43.0 Å². The summed E-state index contributed by atoms with van der Waals surface area (Å²) >= 11 is 1.68. The van der Waals surface area contributed by atoms with Gasteiger partial charge in [-0.1, -0.05) is 12.1 Å². The van der Waals surface area contributed by atoms with Gasteiger partial charge in [0.05, 0.1) is 18.7 Å². The van der Waals surface area contributed by atoms with Crippen molar-refractivity contribution in [3.8, 4) is 0 Å². The summed E-state index contributed by atoms with van der Waals surface area (Å²) in [5, 5.41) is 0. The van der Waals surface area contributed by atoms with Crippen molar-refractivity contribution < 1.29 is 13.9 Å². The standard InChI is InChI=1S/C16H23FN2O2S/c1-11-9-19(16(20)14(18)7-8-22-2)10-15(21-11)12-3-5-13(17)6-4-12/h3-6,11,14-15H,7-10,18H2,1-2H3/t11-,14+,15+/m1/s1. The first kappa shape index (κ1) is 17.2. The molecule has 0 spiro atoms. The van der Waals surface area contributed by atoms with Gasteiger partial charge in [-0.25, -0.2) is 4.39 Å². The van der Waals surface area contributed by atoms with E-state index < -0.39 is 6.04 Å². The third-order valence-corrected chi connectivity index (χ3v) is 4.41. The van der Waals surface area contributed by atoms with Gasteiger partial charge in [0.2, 0.25) is 5.91 Å². The van der Waals surface area contributed by atoms with E-state index in [0.29, 0.717) is 19.5 Å². The average molecular weight is 326 g/mol. The number of amides is 1. The van der Waals surface area contributed by atoms with Crippen LogP contribution in [0.5, 0.6) is 0 Å². The Hall–Kier alpha value is -1.11. The molecule has 0 aromatic heterocycles. The van der Waals surface area contributed by atoms with Gasteiger partial charge < -0.3 is 15.4 Å². The van der Waals surface area contributed by atoms with Crippen LogP contribution >= 0.6 is 11.8 Å². The number of hydrogen-bond donors (Lipinski definition) is 1. The zero-order valence-electron chi connectivity index (χ0n) is 13.0. The number of thioether (sulfide) groups is 1. The molecule has 1 aromatic rings. The van der Waals surface area contributed by atoms with E-state index >= 15 is 0 Å². The molecule has 1 amide bonds. The Labute approximate surface area is 135 Å². The normalized spacial score (nSPS) is 23.4. The molecule has 0 aliphatic carbocycles. The van der Waals surface area contributed by atoms with Crippen LogP contribution in [-0.4, -0.2) is 48.1 Å². The third kappa shape index (κ3) is 4.44. The molecule has 2 N–H and O–H groups in total. The first-order chi connectivity index (χ1) is 10.5. The highest BCUT2D eigenvalue weighted by molar-refractivity contribution is 7.98. The molecule has 2 rings (SSSR count). The molecule has 1 aliphatic heterocycles. The second-order valence-corrected chi connectivity index (χ2v) is 6.60. The number of rotatable bonds is 5. The lowest BCUT2D eigenvalue weighted by atomic mass is 10.1. The van der Waals surface area contributed by atoms with Crippen LogP contribution in [-0.2, 0) is 9.53 Å². The number of halogens is 1. The van der Waals surface area contributed by atoms with Gasteiger partial charge in [-0.3, -0.25) is 4.79 Å². The average Bonchev–Trinajstić information content (AvgIpc) is 2.52. The quantitative estimate of drug-likeness (QED) is 0.901. The lowest BCUT2D eigenvalue weighted by Crippen LogP contribution is -2.51. The van der Waals surface area contributed by atoms with Gasteiger partial charge in [0, 0.05) is 6.54 Å². The SMILES string of the molecule is CSCC[C@H](N)C(=O)N1C[C@@H](C)O[C@H](c2ccc(F)cc2)C1. The van der Waals surface area contributed by atoms with Crippen LogP contribution in [0.2, 0.25) is 0 Å². The number of ether oxygens (including phenoxy) is 1. The fourth-order valence-electron chi connectivity index (χ4n) is 2.60. The van der Waals surface area contributed by atoms with Crippen LogP contribution in [0.1, 0.15) is 25.0 Å². The number of morpholine rings is 1. The highest BCUT2D eigenvalue weighted by Crippen LogP contribution is 2.26. The predicted molar refractivity (Wildman–Crippen MR) is 87.2 cm³/mol. The van der Waals surface area contributed by atoms with Crippen molar-refractivity contribution in [2.45, 2.75) is 31.6 Å². The monoisotopic (exact) mass is 326 g/mol. The Kier molecular flexibility index (Phi) is 6.23. The van der Waals surface area contributed by atoms with Crippen LogP contribution in [0.15, 0.2) is 24.3 Å². The molecule has 0 unspecified atom stereocenters. The first-order valence-corrected chi connectivity index (χ1v) is 8.85. The predicted octanol–water partition coefficient (Wildman–Crippen LogP) is 2.19. The summed E-state index contributed by atoms with van der Waals surface area (Å²) in [4.78, 5) is 14.2. The molecule has 1 fully saturated rings. The minimum Gasteiger partial charge on any atom is -0.367 e. The smallest absolute Gasteiger partial charge is 0.239 e. The molecule has 0 saturated carbocycles. The van der Waals surface area contributed by atoms with Crippen molar-refractivity contribution in [1.82, 2.24) is 4.90 Å². The van der Waals surface area contributed by atoms with Crippen molar-refractivity contribution in [2.24, 2.45) is 5.73 Å². The number of benzene rings is 1. The van der Waals surface area contributed by atoms with Gasteiger partial charge in [-0.2, -0.15) is 11.8 Å². The second kappa shape index (κ2) is 7.94. The molecule has 22 heavy (non-hydrogen) atoms. The van der Waals surface area contributed by atoms with E-state index in [2.05, 4.69) is 0 Å². The fourth-order valence-corrected chi connectivity index (χ4v) is 3.09. The minimum atomic E-state index is -0.466.